The van der Waals surface area contributed by atoms with Gasteiger partial charge in [0.2, 0.25) is 0 Å². The van der Waals surface area contributed by atoms with Crippen LogP contribution in [-0.4, -0.2) is 24.8 Å². The van der Waals surface area contributed by atoms with Gasteiger partial charge in [0.25, 0.3) is 0 Å². The average Bonchev–Trinajstić information content (AvgIpc) is 2.04. The minimum atomic E-state index is -0.230. The molecule has 3 nitrogen and oxygen atoms in total. The lowest BCUT2D eigenvalue weighted by atomic mass is 9.91. The molecule has 0 heterocycles. The Kier molecular flexibility index (Phi) is 5.69. The van der Waals surface area contributed by atoms with Crippen LogP contribution in [0.2, 0.25) is 0 Å². The van der Waals surface area contributed by atoms with E-state index >= 15 is 0 Å². The molecular weight excluding hydrogens is 152 g/mol. The minimum Gasteiger partial charge on any atom is -0.396 e. The second-order valence-electron chi connectivity index (χ2n) is 3.57. The van der Waals surface area contributed by atoms with Gasteiger partial charge >= 0.3 is 0 Å². The monoisotopic (exact) mass is 170 g/mol. The van der Waals surface area contributed by atoms with Gasteiger partial charge in [-0.05, 0) is 39.8 Å². The van der Waals surface area contributed by atoms with Crippen LogP contribution in [-0.2, 0) is 0 Å². The summed E-state index contributed by atoms with van der Waals surface area (Å²) in [6.07, 6.45) is 1.64. The first-order chi connectivity index (χ1) is 5.62. The molecule has 70 valence electrons. The van der Waals surface area contributed by atoms with E-state index in [4.69, 9.17) is 10.4 Å². The second-order valence-corrected chi connectivity index (χ2v) is 3.57. The van der Waals surface area contributed by atoms with E-state index in [0.717, 1.165) is 25.9 Å². The molecule has 0 saturated carbocycles. The van der Waals surface area contributed by atoms with Crippen LogP contribution in [0.5, 0.6) is 0 Å². The van der Waals surface area contributed by atoms with Crippen molar-refractivity contribution in [2.24, 2.45) is 5.41 Å². The van der Waals surface area contributed by atoms with E-state index in [2.05, 4.69) is 11.4 Å². The van der Waals surface area contributed by atoms with Gasteiger partial charge in [0.05, 0.1) is 11.5 Å². The van der Waals surface area contributed by atoms with Crippen LogP contribution in [0.1, 0.15) is 26.7 Å². The molecular formula is C9H18N2O. The number of aliphatic hydroxyl groups excluding tert-OH is 1. The summed E-state index contributed by atoms with van der Waals surface area (Å²) in [4.78, 5) is 0. The number of rotatable bonds is 6. The van der Waals surface area contributed by atoms with Crippen molar-refractivity contribution in [3.63, 3.8) is 0 Å². The maximum Gasteiger partial charge on any atom is 0.0684 e. The van der Waals surface area contributed by atoms with Gasteiger partial charge in [-0.15, -0.1) is 0 Å². The lowest BCUT2D eigenvalue weighted by Gasteiger charge is -2.14. The zero-order valence-corrected chi connectivity index (χ0v) is 7.93. The molecule has 2 N–H and O–H groups in total. The Hall–Kier alpha value is -0.590. The quantitative estimate of drug-likeness (QED) is 0.582. The Morgan fingerprint density at radius 3 is 2.58 bits per heavy atom. The fourth-order valence-corrected chi connectivity index (χ4v) is 0.786. The van der Waals surface area contributed by atoms with Gasteiger partial charge in [0.1, 0.15) is 0 Å². The van der Waals surface area contributed by atoms with Crippen LogP contribution >= 0.6 is 0 Å². The van der Waals surface area contributed by atoms with Crippen molar-refractivity contribution in [2.45, 2.75) is 26.7 Å². The molecule has 0 saturated heterocycles. The van der Waals surface area contributed by atoms with Gasteiger partial charge < -0.3 is 10.4 Å². The van der Waals surface area contributed by atoms with E-state index in [0.29, 0.717) is 0 Å². The highest BCUT2D eigenvalue weighted by atomic mass is 16.3. The molecule has 0 aliphatic heterocycles. The van der Waals surface area contributed by atoms with Crippen LogP contribution in [0.15, 0.2) is 0 Å². The maximum absolute atomic E-state index is 8.68. The molecule has 0 unspecified atom stereocenters. The first-order valence-electron chi connectivity index (χ1n) is 4.35. The molecule has 0 aliphatic rings. The average molecular weight is 170 g/mol. The van der Waals surface area contributed by atoms with E-state index < -0.39 is 0 Å². The SMILES string of the molecule is CC(C)(C#N)CCNCCCO. The van der Waals surface area contributed by atoms with Crippen LogP contribution < -0.4 is 5.32 Å². The Morgan fingerprint density at radius 1 is 1.42 bits per heavy atom. The summed E-state index contributed by atoms with van der Waals surface area (Å²) in [7, 11) is 0. The van der Waals surface area contributed by atoms with E-state index in [-0.39, 0.29) is 12.0 Å². The molecule has 3 heteroatoms. The number of hydrogen-bond donors (Lipinski definition) is 2. The lowest BCUT2D eigenvalue weighted by Crippen LogP contribution is -2.22. The summed E-state index contributed by atoms with van der Waals surface area (Å²) in [6.45, 7) is 5.77. The second kappa shape index (κ2) is 5.99. The molecule has 0 aliphatic carbocycles. The van der Waals surface area contributed by atoms with E-state index in [1.807, 2.05) is 13.8 Å². The minimum absolute atomic E-state index is 0.230. The molecule has 0 atom stereocenters. The third-order valence-corrected chi connectivity index (χ3v) is 1.74. The fraction of sp³-hybridized carbons (Fsp3) is 0.889. The largest absolute Gasteiger partial charge is 0.396 e. The molecule has 0 aromatic heterocycles. The number of nitriles is 1. The first-order valence-corrected chi connectivity index (χ1v) is 4.35. The predicted molar refractivity (Wildman–Crippen MR) is 48.6 cm³/mol. The summed E-state index contributed by atoms with van der Waals surface area (Å²) in [5, 5.41) is 20.3. The van der Waals surface area contributed by atoms with Crippen LogP contribution in [0.25, 0.3) is 0 Å². The number of nitrogens with one attached hydrogen (secondary N) is 1. The van der Waals surface area contributed by atoms with Gasteiger partial charge in [-0.1, -0.05) is 0 Å². The summed E-state index contributed by atoms with van der Waals surface area (Å²) in [5.41, 5.74) is -0.230. The fourth-order valence-electron chi connectivity index (χ4n) is 0.786. The van der Waals surface area contributed by atoms with Gasteiger partial charge in [-0.25, -0.2) is 0 Å². The van der Waals surface area contributed by atoms with Crippen molar-refractivity contribution in [1.82, 2.24) is 5.32 Å². The third-order valence-electron chi connectivity index (χ3n) is 1.74. The highest BCUT2D eigenvalue weighted by Gasteiger charge is 2.14. The van der Waals surface area contributed by atoms with Crippen LogP contribution in [0, 0.1) is 16.7 Å². The first kappa shape index (κ1) is 11.4. The predicted octanol–water partition coefficient (Wildman–Crippen LogP) is 0.898. The van der Waals surface area contributed by atoms with E-state index in [9.17, 15) is 0 Å². The summed E-state index contributed by atoms with van der Waals surface area (Å²) < 4.78 is 0. The van der Waals surface area contributed by atoms with Crippen molar-refractivity contribution < 1.29 is 5.11 Å². The molecule has 0 amide bonds. The lowest BCUT2D eigenvalue weighted by molar-refractivity contribution is 0.285. The van der Waals surface area contributed by atoms with Crippen LogP contribution in [0.3, 0.4) is 0 Å². The highest BCUT2D eigenvalue weighted by molar-refractivity contribution is 4.91. The molecule has 0 bridgehead atoms. The Bertz CT molecular complexity index is 149. The highest BCUT2D eigenvalue weighted by Crippen LogP contribution is 2.16. The summed E-state index contributed by atoms with van der Waals surface area (Å²) in [5.74, 6) is 0. The van der Waals surface area contributed by atoms with Crippen molar-refractivity contribution in [3.05, 3.63) is 0 Å². The van der Waals surface area contributed by atoms with Crippen LogP contribution in [0.4, 0.5) is 0 Å². The molecule has 0 aromatic rings. The summed E-state index contributed by atoms with van der Waals surface area (Å²) in [6, 6.07) is 2.24. The number of hydrogen-bond acceptors (Lipinski definition) is 3. The van der Waals surface area contributed by atoms with Gasteiger partial charge in [-0.2, -0.15) is 5.26 Å². The Morgan fingerprint density at radius 2 is 2.08 bits per heavy atom. The van der Waals surface area contributed by atoms with Gasteiger partial charge in [-0.3, -0.25) is 0 Å². The third kappa shape index (κ3) is 6.14. The molecule has 0 radical (unpaired) electrons. The van der Waals surface area contributed by atoms with Gasteiger partial charge in [0, 0.05) is 6.61 Å². The number of nitrogens with zero attached hydrogens (tertiary/aromatic N) is 1. The molecule has 12 heavy (non-hydrogen) atoms. The molecule has 0 aromatic carbocycles. The van der Waals surface area contributed by atoms with E-state index in [1.54, 1.807) is 0 Å². The summed E-state index contributed by atoms with van der Waals surface area (Å²) >= 11 is 0. The van der Waals surface area contributed by atoms with Gasteiger partial charge in [0.15, 0.2) is 0 Å². The zero-order valence-electron chi connectivity index (χ0n) is 7.93. The molecule has 0 fully saturated rings. The zero-order chi connectivity index (χ0) is 9.45. The molecule has 0 spiro atoms. The van der Waals surface area contributed by atoms with Crippen molar-refractivity contribution in [1.29, 1.82) is 5.26 Å². The van der Waals surface area contributed by atoms with E-state index in [1.165, 1.54) is 0 Å². The Balaban J connectivity index is 3.27. The normalized spacial score (nSPS) is 11.2. The molecule has 0 rings (SSSR count). The number of aliphatic hydroxyl groups is 1. The topological polar surface area (TPSA) is 56.0 Å². The van der Waals surface area contributed by atoms with Crippen molar-refractivity contribution >= 4 is 0 Å². The maximum atomic E-state index is 8.68. The standard InChI is InChI=1S/C9H18N2O/c1-9(2,8-10)4-6-11-5-3-7-12/h11-12H,3-7H2,1-2H3. The van der Waals surface area contributed by atoms with Crippen molar-refractivity contribution in [2.75, 3.05) is 19.7 Å². The smallest absolute Gasteiger partial charge is 0.0684 e. The Labute approximate surface area is 74.4 Å². The van der Waals surface area contributed by atoms with Crippen molar-refractivity contribution in [3.8, 4) is 6.07 Å².